The monoisotopic (exact) mass is 493 g/mol. The maximum absolute atomic E-state index is 13.6. The number of nitrogens with zero attached hydrogens (tertiary/aromatic N) is 4. The number of carbonyl (C=O) groups excluding carboxylic acids is 1. The van der Waals surface area contributed by atoms with Gasteiger partial charge in [0.1, 0.15) is 6.54 Å². The van der Waals surface area contributed by atoms with Crippen molar-refractivity contribution in [2.75, 3.05) is 13.7 Å². The molecule has 9 nitrogen and oxygen atoms in total. The predicted octanol–water partition coefficient (Wildman–Crippen LogP) is 2.39. The summed E-state index contributed by atoms with van der Waals surface area (Å²) in [4.78, 5) is 44.7. The van der Waals surface area contributed by atoms with Gasteiger partial charge in [0, 0.05) is 19.7 Å². The smallest absolute Gasteiger partial charge is 0.333 e. The Morgan fingerprint density at radius 2 is 1.92 bits per heavy atom. The van der Waals surface area contributed by atoms with Crippen LogP contribution in [0.15, 0.2) is 46.2 Å². The van der Waals surface area contributed by atoms with E-state index in [1.54, 1.807) is 18.0 Å². The highest BCUT2D eigenvalue weighted by atomic mass is 16.5. The van der Waals surface area contributed by atoms with E-state index in [2.05, 4.69) is 31.1 Å². The molecule has 2 aliphatic carbocycles. The van der Waals surface area contributed by atoms with Crippen LogP contribution in [-0.2, 0) is 29.2 Å². The highest BCUT2D eigenvalue weighted by Crippen LogP contribution is 2.65. The summed E-state index contributed by atoms with van der Waals surface area (Å²) in [5, 5.41) is 3.18. The normalized spacial score (nSPS) is 24.4. The molecular weight excluding hydrogens is 458 g/mol. The Labute approximate surface area is 210 Å². The van der Waals surface area contributed by atoms with Crippen LogP contribution in [0.2, 0.25) is 0 Å². The minimum atomic E-state index is -0.539. The number of methoxy groups -OCH3 is 1. The van der Waals surface area contributed by atoms with E-state index in [4.69, 9.17) is 4.74 Å². The molecule has 2 aromatic heterocycles. The summed E-state index contributed by atoms with van der Waals surface area (Å²) in [5.74, 6) is 0.266. The average molecular weight is 494 g/mol. The molecule has 9 heteroatoms. The number of aromatic nitrogens is 4. The lowest BCUT2D eigenvalue weighted by Gasteiger charge is -2.39. The first-order valence-corrected chi connectivity index (χ1v) is 12.7. The summed E-state index contributed by atoms with van der Waals surface area (Å²) in [5.41, 5.74) is 0.614. The van der Waals surface area contributed by atoms with Crippen LogP contribution in [0.5, 0.6) is 0 Å². The molecule has 0 spiro atoms. The second-order valence-corrected chi connectivity index (χ2v) is 11.1. The van der Waals surface area contributed by atoms with Gasteiger partial charge in [0.05, 0.1) is 19.5 Å². The van der Waals surface area contributed by atoms with Crippen LogP contribution >= 0.6 is 0 Å². The Hall–Kier alpha value is -3.20. The third-order valence-electron chi connectivity index (χ3n) is 9.13. The molecular formula is C27H35N5O4. The van der Waals surface area contributed by atoms with E-state index in [-0.39, 0.29) is 35.9 Å². The Kier molecular flexibility index (Phi) is 6.14. The van der Waals surface area contributed by atoms with Gasteiger partial charge in [-0.1, -0.05) is 51.1 Å². The Morgan fingerprint density at radius 1 is 1.17 bits per heavy atom. The summed E-state index contributed by atoms with van der Waals surface area (Å²) in [6.45, 7) is 7.56. The van der Waals surface area contributed by atoms with Crippen LogP contribution in [0.3, 0.4) is 0 Å². The summed E-state index contributed by atoms with van der Waals surface area (Å²) in [6.07, 6.45) is 4.74. The average Bonchev–Trinajstić information content (AvgIpc) is 3.43. The molecule has 2 fully saturated rings. The van der Waals surface area contributed by atoms with Crippen molar-refractivity contribution >= 4 is 17.1 Å². The standard InChI is InChI=1S/C27H35N5O4/c1-26(2)19-10-11-27(26,3)20(14-19)29-21(33)16-32-24(34)22-23(28-17-30(22)12-13-36-4)31(25(32)35)15-18-8-6-5-7-9-18/h5-9,17,19-20H,10-16H2,1-4H3,(H,29,33). The molecule has 1 aromatic carbocycles. The molecule has 3 atom stereocenters. The number of ether oxygens (including phenoxy) is 1. The number of benzene rings is 1. The van der Waals surface area contributed by atoms with E-state index in [0.29, 0.717) is 30.2 Å². The summed E-state index contributed by atoms with van der Waals surface area (Å²) in [6, 6.07) is 9.58. The molecule has 1 N–H and O–H groups in total. The molecule has 0 radical (unpaired) electrons. The molecule has 3 unspecified atom stereocenters. The van der Waals surface area contributed by atoms with E-state index >= 15 is 0 Å². The van der Waals surface area contributed by atoms with Crippen LogP contribution < -0.4 is 16.6 Å². The molecule has 1 amide bonds. The van der Waals surface area contributed by atoms with Gasteiger partial charge in [-0.05, 0) is 41.6 Å². The lowest BCUT2D eigenvalue weighted by molar-refractivity contribution is -0.123. The number of hydrogen-bond acceptors (Lipinski definition) is 5. The van der Waals surface area contributed by atoms with Crippen molar-refractivity contribution < 1.29 is 9.53 Å². The zero-order chi connectivity index (χ0) is 25.7. The fraction of sp³-hybridized carbons (Fsp3) is 0.556. The van der Waals surface area contributed by atoms with Crippen molar-refractivity contribution in [3.63, 3.8) is 0 Å². The zero-order valence-electron chi connectivity index (χ0n) is 21.5. The quantitative estimate of drug-likeness (QED) is 0.519. The van der Waals surface area contributed by atoms with Crippen LogP contribution in [0.25, 0.3) is 11.2 Å². The van der Waals surface area contributed by atoms with E-state index in [1.807, 2.05) is 30.3 Å². The van der Waals surface area contributed by atoms with E-state index in [9.17, 15) is 14.4 Å². The summed E-state index contributed by atoms with van der Waals surface area (Å²) >= 11 is 0. The summed E-state index contributed by atoms with van der Waals surface area (Å²) in [7, 11) is 1.59. The maximum atomic E-state index is 13.6. The van der Waals surface area contributed by atoms with Crippen LogP contribution in [0, 0.1) is 16.7 Å². The number of nitrogens with one attached hydrogen (secondary N) is 1. The highest BCUT2D eigenvalue weighted by Gasteiger charge is 2.61. The van der Waals surface area contributed by atoms with Gasteiger partial charge >= 0.3 is 5.69 Å². The second-order valence-electron chi connectivity index (χ2n) is 11.1. The first kappa shape index (κ1) is 24.5. The van der Waals surface area contributed by atoms with E-state index in [1.165, 1.54) is 11.0 Å². The molecule has 2 saturated carbocycles. The van der Waals surface area contributed by atoms with Gasteiger partial charge in [-0.3, -0.25) is 14.2 Å². The molecule has 2 heterocycles. The third kappa shape index (κ3) is 3.80. The zero-order valence-corrected chi connectivity index (χ0v) is 21.5. The Balaban J connectivity index is 1.51. The van der Waals surface area contributed by atoms with Crippen LogP contribution in [-0.4, -0.2) is 44.4 Å². The molecule has 192 valence electrons. The number of hydrogen-bond donors (Lipinski definition) is 1. The number of carbonyl (C=O) groups is 1. The van der Waals surface area contributed by atoms with Gasteiger partial charge in [-0.25, -0.2) is 14.3 Å². The SMILES string of the molecule is COCCn1cnc2c1c(=O)n(CC(=O)NC1CC3CCC1(C)C3(C)C)c(=O)n2Cc1ccccc1. The molecule has 3 aromatic rings. The Morgan fingerprint density at radius 3 is 2.56 bits per heavy atom. The second kappa shape index (κ2) is 9.03. The first-order valence-electron chi connectivity index (χ1n) is 12.7. The van der Waals surface area contributed by atoms with Gasteiger partial charge in [0.15, 0.2) is 11.2 Å². The highest BCUT2D eigenvalue weighted by molar-refractivity contribution is 5.77. The number of fused-ring (bicyclic) bond motifs is 3. The first-order chi connectivity index (χ1) is 17.2. The van der Waals surface area contributed by atoms with Gasteiger partial charge in [-0.15, -0.1) is 0 Å². The maximum Gasteiger partial charge on any atom is 0.333 e. The largest absolute Gasteiger partial charge is 0.383 e. The number of imidazole rings is 1. The minimum absolute atomic E-state index is 0.00846. The van der Waals surface area contributed by atoms with Crippen molar-refractivity contribution in [1.29, 1.82) is 0 Å². The topological polar surface area (TPSA) is 100 Å². The van der Waals surface area contributed by atoms with Crippen molar-refractivity contribution in [2.24, 2.45) is 16.7 Å². The van der Waals surface area contributed by atoms with Crippen molar-refractivity contribution in [3.8, 4) is 0 Å². The molecule has 0 aliphatic heterocycles. The van der Waals surface area contributed by atoms with Gasteiger partial charge in [0.2, 0.25) is 5.91 Å². The summed E-state index contributed by atoms with van der Waals surface area (Å²) < 4.78 is 9.40. The number of amides is 1. The third-order valence-corrected chi connectivity index (χ3v) is 9.13. The lowest BCUT2D eigenvalue weighted by Crippen LogP contribution is -2.50. The molecule has 5 rings (SSSR count). The van der Waals surface area contributed by atoms with Crippen LogP contribution in [0.1, 0.15) is 45.6 Å². The van der Waals surface area contributed by atoms with Gasteiger partial charge < -0.3 is 14.6 Å². The molecule has 2 aliphatic rings. The number of rotatable bonds is 8. The molecule has 36 heavy (non-hydrogen) atoms. The van der Waals surface area contributed by atoms with E-state index in [0.717, 1.165) is 23.0 Å². The lowest BCUT2D eigenvalue weighted by atomic mass is 9.69. The molecule has 0 saturated heterocycles. The van der Waals surface area contributed by atoms with Crippen LogP contribution in [0.4, 0.5) is 0 Å². The van der Waals surface area contributed by atoms with E-state index < -0.39 is 11.2 Å². The van der Waals surface area contributed by atoms with Gasteiger partial charge in [0.25, 0.3) is 5.56 Å². The predicted molar refractivity (Wildman–Crippen MR) is 137 cm³/mol. The molecule has 2 bridgehead atoms. The van der Waals surface area contributed by atoms with Crippen molar-refractivity contribution in [2.45, 2.75) is 65.7 Å². The minimum Gasteiger partial charge on any atom is -0.383 e. The van der Waals surface area contributed by atoms with Crippen molar-refractivity contribution in [1.82, 2.24) is 24.0 Å². The fourth-order valence-corrected chi connectivity index (χ4v) is 6.45. The van der Waals surface area contributed by atoms with Crippen molar-refractivity contribution in [3.05, 3.63) is 63.1 Å². The Bertz CT molecular complexity index is 1400. The van der Waals surface area contributed by atoms with Gasteiger partial charge in [-0.2, -0.15) is 0 Å². The fourth-order valence-electron chi connectivity index (χ4n) is 6.45.